The van der Waals surface area contributed by atoms with E-state index in [1.807, 2.05) is 6.92 Å². The van der Waals surface area contributed by atoms with Crippen LogP contribution >= 0.6 is 0 Å². The van der Waals surface area contributed by atoms with Gasteiger partial charge in [-0.2, -0.15) is 0 Å². The summed E-state index contributed by atoms with van der Waals surface area (Å²) in [5.74, 6) is 0.0836. The first-order valence-corrected chi connectivity index (χ1v) is 6.14. The summed E-state index contributed by atoms with van der Waals surface area (Å²) in [4.78, 5) is 16.5. The minimum atomic E-state index is 0.0836. The van der Waals surface area contributed by atoms with Crippen LogP contribution in [0.2, 0.25) is 0 Å². The second kappa shape index (κ2) is 10.7. The van der Waals surface area contributed by atoms with Crippen LogP contribution in [0.4, 0.5) is 0 Å². The zero-order valence-corrected chi connectivity index (χ0v) is 10.6. The molecule has 0 aromatic heterocycles. The summed E-state index contributed by atoms with van der Waals surface area (Å²) in [6, 6.07) is 0. The first kappa shape index (κ1) is 15.2. The van der Waals surface area contributed by atoms with Crippen molar-refractivity contribution in [1.82, 2.24) is 5.06 Å². The van der Waals surface area contributed by atoms with Gasteiger partial charge in [0.1, 0.15) is 0 Å². The van der Waals surface area contributed by atoms with Gasteiger partial charge >= 0.3 is 0 Å². The molecule has 0 saturated heterocycles. The number of hydrogen-bond donors (Lipinski definition) is 0. The molecule has 0 aliphatic carbocycles. The predicted octanol–water partition coefficient (Wildman–Crippen LogP) is 3.12. The topological polar surface area (TPSA) is 29.5 Å². The summed E-state index contributed by atoms with van der Waals surface area (Å²) >= 11 is 0. The Morgan fingerprint density at radius 1 is 1.25 bits per heavy atom. The van der Waals surface area contributed by atoms with Gasteiger partial charge in [-0.15, -0.1) is 0 Å². The zero-order valence-electron chi connectivity index (χ0n) is 10.6. The minimum absolute atomic E-state index is 0.0836. The quantitative estimate of drug-likeness (QED) is 0.423. The maximum absolute atomic E-state index is 11.5. The van der Waals surface area contributed by atoms with Gasteiger partial charge in [0.2, 0.25) is 5.91 Å². The highest BCUT2D eigenvalue weighted by molar-refractivity contribution is 5.74. The molecule has 0 aromatic carbocycles. The SMILES string of the molecule is [CH]=CCCCCCCCC(=O)N(CC)OC. The van der Waals surface area contributed by atoms with Crippen LogP contribution in [-0.4, -0.2) is 24.6 Å². The van der Waals surface area contributed by atoms with Crippen LogP contribution in [0.3, 0.4) is 0 Å². The third-order valence-corrected chi connectivity index (χ3v) is 2.55. The van der Waals surface area contributed by atoms with Crippen molar-refractivity contribution < 1.29 is 9.63 Å². The minimum Gasteiger partial charge on any atom is -0.274 e. The number of carbonyl (C=O) groups is 1. The number of allylic oxidation sites excluding steroid dienone is 1. The molecule has 0 aliphatic heterocycles. The monoisotopic (exact) mass is 226 g/mol. The summed E-state index contributed by atoms with van der Waals surface area (Å²) < 4.78 is 0. The molecule has 1 amide bonds. The van der Waals surface area contributed by atoms with Crippen LogP contribution in [0.15, 0.2) is 6.08 Å². The van der Waals surface area contributed by atoms with Crippen molar-refractivity contribution in [3.63, 3.8) is 0 Å². The van der Waals surface area contributed by atoms with Gasteiger partial charge in [-0.25, -0.2) is 5.06 Å². The molecule has 0 aromatic rings. The molecule has 0 unspecified atom stereocenters. The molecular formula is C13H24NO2. The lowest BCUT2D eigenvalue weighted by atomic mass is 10.1. The average Bonchev–Trinajstić information content (AvgIpc) is 2.29. The number of amides is 1. The third kappa shape index (κ3) is 7.46. The van der Waals surface area contributed by atoms with E-state index in [1.54, 1.807) is 6.08 Å². The van der Waals surface area contributed by atoms with Crippen LogP contribution in [-0.2, 0) is 9.63 Å². The van der Waals surface area contributed by atoms with E-state index in [0.717, 1.165) is 25.7 Å². The van der Waals surface area contributed by atoms with Crippen molar-refractivity contribution >= 4 is 5.91 Å². The Balaban J connectivity index is 3.37. The van der Waals surface area contributed by atoms with E-state index in [2.05, 4.69) is 0 Å². The Morgan fingerprint density at radius 2 is 1.88 bits per heavy atom. The first-order valence-electron chi connectivity index (χ1n) is 6.14. The van der Waals surface area contributed by atoms with Crippen molar-refractivity contribution in [2.24, 2.45) is 0 Å². The number of unbranched alkanes of at least 4 members (excludes halogenated alkanes) is 5. The van der Waals surface area contributed by atoms with Crippen LogP contribution < -0.4 is 0 Å². The summed E-state index contributed by atoms with van der Waals surface area (Å²) in [6.07, 6.45) is 8.88. The van der Waals surface area contributed by atoms with Crippen molar-refractivity contribution in [1.29, 1.82) is 0 Å². The number of nitrogens with zero attached hydrogens (tertiary/aromatic N) is 1. The molecule has 0 aliphatic rings. The fourth-order valence-corrected chi connectivity index (χ4v) is 1.60. The molecule has 93 valence electrons. The molecule has 0 fully saturated rings. The van der Waals surface area contributed by atoms with Gasteiger partial charge in [-0.1, -0.05) is 31.9 Å². The fraction of sp³-hybridized carbons (Fsp3) is 0.769. The molecule has 0 spiro atoms. The molecule has 0 heterocycles. The third-order valence-electron chi connectivity index (χ3n) is 2.55. The highest BCUT2D eigenvalue weighted by atomic mass is 16.7. The van der Waals surface area contributed by atoms with Gasteiger partial charge < -0.3 is 0 Å². The van der Waals surface area contributed by atoms with Gasteiger partial charge in [0.15, 0.2) is 0 Å². The summed E-state index contributed by atoms with van der Waals surface area (Å²) in [6.45, 7) is 7.80. The Morgan fingerprint density at radius 3 is 2.44 bits per heavy atom. The molecule has 0 rings (SSSR count). The summed E-state index contributed by atoms with van der Waals surface area (Å²) in [5.41, 5.74) is 0. The highest BCUT2D eigenvalue weighted by Gasteiger charge is 2.09. The second-order valence-electron chi connectivity index (χ2n) is 3.81. The molecule has 0 saturated carbocycles. The Labute approximate surface area is 99.4 Å². The van der Waals surface area contributed by atoms with E-state index in [1.165, 1.54) is 25.0 Å². The van der Waals surface area contributed by atoms with Crippen molar-refractivity contribution in [3.8, 4) is 0 Å². The lowest BCUT2D eigenvalue weighted by Crippen LogP contribution is -2.29. The molecule has 3 nitrogen and oxygen atoms in total. The van der Waals surface area contributed by atoms with Crippen LogP contribution in [0.1, 0.15) is 51.9 Å². The predicted molar refractivity (Wildman–Crippen MR) is 65.6 cm³/mol. The fourth-order valence-electron chi connectivity index (χ4n) is 1.60. The van der Waals surface area contributed by atoms with Crippen LogP contribution in [0.5, 0.6) is 0 Å². The molecule has 0 atom stereocenters. The number of rotatable bonds is 10. The highest BCUT2D eigenvalue weighted by Crippen LogP contribution is 2.08. The number of hydrogen-bond acceptors (Lipinski definition) is 2. The van der Waals surface area contributed by atoms with Gasteiger partial charge in [0.05, 0.1) is 7.11 Å². The van der Waals surface area contributed by atoms with Gasteiger partial charge in [-0.3, -0.25) is 9.63 Å². The normalized spacial score (nSPS) is 10.1. The molecular weight excluding hydrogens is 202 g/mol. The van der Waals surface area contributed by atoms with E-state index < -0.39 is 0 Å². The second-order valence-corrected chi connectivity index (χ2v) is 3.81. The van der Waals surface area contributed by atoms with E-state index >= 15 is 0 Å². The van der Waals surface area contributed by atoms with Gasteiger partial charge in [-0.05, 0) is 26.2 Å². The largest absolute Gasteiger partial charge is 0.274 e. The maximum atomic E-state index is 11.5. The Kier molecular flexibility index (Phi) is 10.1. The summed E-state index contributed by atoms with van der Waals surface area (Å²) in [7, 11) is 1.53. The lowest BCUT2D eigenvalue weighted by Gasteiger charge is -2.17. The maximum Gasteiger partial charge on any atom is 0.246 e. The van der Waals surface area contributed by atoms with Crippen molar-refractivity contribution in [2.45, 2.75) is 51.9 Å². The molecule has 0 bridgehead atoms. The average molecular weight is 226 g/mol. The van der Waals surface area contributed by atoms with Gasteiger partial charge in [0.25, 0.3) is 0 Å². The van der Waals surface area contributed by atoms with E-state index in [0.29, 0.717) is 13.0 Å². The smallest absolute Gasteiger partial charge is 0.246 e. The summed E-state index contributed by atoms with van der Waals surface area (Å²) in [5, 5.41) is 1.41. The number of hydroxylamine groups is 2. The standard InChI is InChI=1S/C13H24NO2/c1-4-6-7-8-9-10-11-12-13(15)14(5-2)16-3/h1,4H,5-12H2,2-3H3. The number of carbonyl (C=O) groups excluding carboxylic acids is 1. The Hall–Kier alpha value is -0.830. The Bertz CT molecular complexity index is 188. The lowest BCUT2D eigenvalue weighted by molar-refractivity contribution is -0.174. The van der Waals surface area contributed by atoms with Crippen LogP contribution in [0.25, 0.3) is 0 Å². The molecule has 0 N–H and O–H groups in total. The zero-order chi connectivity index (χ0) is 12.2. The first-order chi connectivity index (χ1) is 7.76. The van der Waals surface area contributed by atoms with Crippen LogP contribution in [0, 0.1) is 6.58 Å². The van der Waals surface area contributed by atoms with Gasteiger partial charge in [0, 0.05) is 13.0 Å². The van der Waals surface area contributed by atoms with E-state index in [4.69, 9.17) is 11.4 Å². The van der Waals surface area contributed by atoms with Crippen molar-refractivity contribution in [3.05, 3.63) is 12.7 Å². The molecule has 16 heavy (non-hydrogen) atoms. The molecule has 1 radical (unpaired) electrons. The molecule has 3 heteroatoms. The van der Waals surface area contributed by atoms with E-state index in [9.17, 15) is 4.79 Å². The van der Waals surface area contributed by atoms with E-state index in [-0.39, 0.29) is 5.91 Å². The van der Waals surface area contributed by atoms with Crippen molar-refractivity contribution in [2.75, 3.05) is 13.7 Å².